The lowest BCUT2D eigenvalue weighted by Gasteiger charge is -2.19. The first kappa shape index (κ1) is 13.8. The van der Waals surface area contributed by atoms with Gasteiger partial charge in [0, 0.05) is 20.2 Å². The normalized spacial score (nSPS) is 16.6. The van der Waals surface area contributed by atoms with Crippen molar-refractivity contribution in [2.45, 2.75) is 25.2 Å². The van der Waals surface area contributed by atoms with Gasteiger partial charge in [0.2, 0.25) is 0 Å². The minimum atomic E-state index is -1.56. The van der Waals surface area contributed by atoms with E-state index >= 15 is 0 Å². The van der Waals surface area contributed by atoms with Crippen molar-refractivity contribution in [2.24, 2.45) is 7.05 Å². The fourth-order valence-corrected chi connectivity index (χ4v) is 1.45. The first-order chi connectivity index (χ1) is 7.88. The van der Waals surface area contributed by atoms with Crippen LogP contribution in [0.1, 0.15) is 29.3 Å². The van der Waals surface area contributed by atoms with E-state index in [2.05, 4.69) is 4.98 Å². The molecule has 0 saturated heterocycles. The molecule has 0 spiro atoms. The van der Waals surface area contributed by atoms with Gasteiger partial charge in [0.15, 0.2) is 11.6 Å². The Bertz CT molecular complexity index is 403. The highest BCUT2D eigenvalue weighted by Crippen LogP contribution is 2.18. The molecule has 0 radical (unpaired) electrons. The zero-order chi connectivity index (χ0) is 13.2. The Labute approximate surface area is 98.0 Å². The molecule has 0 fully saturated rings. The number of aliphatic hydroxyl groups is 4. The molecule has 0 aliphatic carbocycles. The molecule has 3 atom stereocenters. The highest BCUT2D eigenvalue weighted by Gasteiger charge is 2.28. The molecule has 0 aromatic carbocycles. The maximum absolute atomic E-state index is 11.1. The number of aryl methyl sites for hydroxylation is 1. The van der Waals surface area contributed by atoms with Gasteiger partial charge in [-0.1, -0.05) is 0 Å². The summed E-state index contributed by atoms with van der Waals surface area (Å²) < 4.78 is 1.42. The van der Waals surface area contributed by atoms with Crippen LogP contribution in [-0.4, -0.2) is 54.6 Å². The Morgan fingerprint density at radius 2 is 2.06 bits per heavy atom. The summed E-state index contributed by atoms with van der Waals surface area (Å²) in [4.78, 5) is 15.0. The number of Topliss-reactive ketones (excluding diaryl/α,β-unsaturated/α-hetero) is 1. The summed E-state index contributed by atoms with van der Waals surface area (Å²) in [5.41, 5.74) is 0.0673. The Kier molecular flexibility index (Phi) is 4.35. The number of hydrogen-bond acceptors (Lipinski definition) is 6. The van der Waals surface area contributed by atoms with Crippen molar-refractivity contribution in [2.75, 3.05) is 6.61 Å². The van der Waals surface area contributed by atoms with Crippen molar-refractivity contribution >= 4 is 5.78 Å². The summed E-state index contributed by atoms with van der Waals surface area (Å²) in [5.74, 6) is -0.132. The smallest absolute Gasteiger partial charge is 0.195 e. The standard InChI is InChI=1S/C10H16N2O5/c1-5(14)10-11-6(3-12(10)2)8(16)9(17)7(15)4-13/h3,7-9,13,15-17H,4H2,1-2H3/t7-,8-,9-/m1/s1. The molecule has 0 bridgehead atoms. The fourth-order valence-electron chi connectivity index (χ4n) is 1.45. The number of ketones is 1. The van der Waals surface area contributed by atoms with Crippen LogP contribution in [0, 0.1) is 0 Å². The summed E-state index contributed by atoms with van der Waals surface area (Å²) in [6, 6.07) is 0. The number of carbonyl (C=O) groups excluding carboxylic acids is 1. The number of carbonyl (C=O) groups is 1. The van der Waals surface area contributed by atoms with E-state index in [1.165, 1.54) is 17.7 Å². The van der Waals surface area contributed by atoms with E-state index in [0.29, 0.717) is 0 Å². The van der Waals surface area contributed by atoms with Crippen LogP contribution in [0.4, 0.5) is 0 Å². The molecule has 1 heterocycles. The molecule has 17 heavy (non-hydrogen) atoms. The lowest BCUT2D eigenvalue weighted by atomic mass is 10.1. The highest BCUT2D eigenvalue weighted by atomic mass is 16.4. The Morgan fingerprint density at radius 3 is 2.47 bits per heavy atom. The van der Waals surface area contributed by atoms with Gasteiger partial charge in [-0.25, -0.2) is 4.98 Å². The minimum absolute atomic E-state index is 0.0673. The molecular formula is C10H16N2O5. The first-order valence-corrected chi connectivity index (χ1v) is 5.07. The summed E-state index contributed by atoms with van der Waals surface area (Å²) >= 11 is 0. The molecular weight excluding hydrogens is 228 g/mol. The number of aliphatic hydroxyl groups excluding tert-OH is 4. The van der Waals surface area contributed by atoms with E-state index in [-0.39, 0.29) is 17.3 Å². The van der Waals surface area contributed by atoms with Gasteiger partial charge in [0.25, 0.3) is 0 Å². The molecule has 1 aromatic heterocycles. The molecule has 0 amide bonds. The van der Waals surface area contributed by atoms with E-state index in [1.807, 2.05) is 0 Å². The topological polar surface area (TPSA) is 116 Å². The van der Waals surface area contributed by atoms with Crippen molar-refractivity contribution in [3.05, 3.63) is 17.7 Å². The molecule has 1 rings (SSSR count). The quantitative estimate of drug-likeness (QED) is 0.462. The second-order valence-electron chi connectivity index (χ2n) is 3.84. The lowest BCUT2D eigenvalue weighted by Crippen LogP contribution is -2.34. The van der Waals surface area contributed by atoms with Crippen LogP contribution in [0.15, 0.2) is 6.20 Å². The van der Waals surface area contributed by atoms with Gasteiger partial charge >= 0.3 is 0 Å². The Morgan fingerprint density at radius 1 is 1.47 bits per heavy atom. The summed E-state index contributed by atoms with van der Waals surface area (Å²) in [5, 5.41) is 37.0. The van der Waals surface area contributed by atoms with E-state index in [4.69, 9.17) is 5.11 Å². The molecule has 0 saturated carbocycles. The molecule has 1 aromatic rings. The predicted octanol–water partition coefficient (Wildman–Crippen LogP) is -1.63. The highest BCUT2D eigenvalue weighted by molar-refractivity contribution is 5.90. The maximum Gasteiger partial charge on any atom is 0.195 e. The van der Waals surface area contributed by atoms with Gasteiger partial charge in [-0.05, 0) is 0 Å². The molecule has 0 aliphatic rings. The molecule has 0 aliphatic heterocycles. The second-order valence-corrected chi connectivity index (χ2v) is 3.84. The minimum Gasteiger partial charge on any atom is -0.394 e. The number of hydrogen-bond donors (Lipinski definition) is 4. The van der Waals surface area contributed by atoms with Crippen molar-refractivity contribution in [1.29, 1.82) is 0 Å². The average molecular weight is 244 g/mol. The van der Waals surface area contributed by atoms with Gasteiger partial charge in [-0.3, -0.25) is 4.79 Å². The van der Waals surface area contributed by atoms with Crippen molar-refractivity contribution < 1.29 is 25.2 Å². The van der Waals surface area contributed by atoms with Gasteiger partial charge < -0.3 is 25.0 Å². The Hall–Kier alpha value is -1.28. The SMILES string of the molecule is CC(=O)c1nc([C@@H](O)[C@H](O)[C@H](O)CO)cn1C. The zero-order valence-corrected chi connectivity index (χ0v) is 9.61. The van der Waals surface area contributed by atoms with Crippen LogP contribution in [0.2, 0.25) is 0 Å². The van der Waals surface area contributed by atoms with E-state index in [1.54, 1.807) is 7.05 Å². The lowest BCUT2D eigenvalue weighted by molar-refractivity contribution is -0.0788. The first-order valence-electron chi connectivity index (χ1n) is 5.07. The molecule has 0 unspecified atom stereocenters. The molecule has 7 heteroatoms. The van der Waals surface area contributed by atoms with E-state index in [0.717, 1.165) is 0 Å². The third kappa shape index (κ3) is 2.89. The van der Waals surface area contributed by atoms with Crippen LogP contribution >= 0.6 is 0 Å². The van der Waals surface area contributed by atoms with Crippen LogP contribution < -0.4 is 0 Å². The fraction of sp³-hybridized carbons (Fsp3) is 0.600. The second kappa shape index (κ2) is 5.37. The van der Waals surface area contributed by atoms with Crippen molar-refractivity contribution in [3.63, 3.8) is 0 Å². The summed E-state index contributed by atoms with van der Waals surface area (Å²) in [6.07, 6.45) is -3.10. The largest absolute Gasteiger partial charge is 0.394 e. The third-order valence-electron chi connectivity index (χ3n) is 2.42. The summed E-state index contributed by atoms with van der Waals surface area (Å²) in [7, 11) is 1.58. The maximum atomic E-state index is 11.1. The van der Waals surface area contributed by atoms with E-state index < -0.39 is 24.9 Å². The average Bonchev–Trinajstić information content (AvgIpc) is 2.68. The van der Waals surface area contributed by atoms with Crippen molar-refractivity contribution in [1.82, 2.24) is 9.55 Å². The number of imidazole rings is 1. The zero-order valence-electron chi connectivity index (χ0n) is 9.61. The number of rotatable bonds is 5. The Balaban J connectivity index is 2.93. The molecule has 7 nitrogen and oxygen atoms in total. The van der Waals surface area contributed by atoms with Gasteiger partial charge in [0.05, 0.1) is 12.3 Å². The molecule has 4 N–H and O–H groups in total. The number of nitrogens with zero attached hydrogens (tertiary/aromatic N) is 2. The monoisotopic (exact) mass is 244 g/mol. The van der Waals surface area contributed by atoms with Crippen LogP contribution in [0.3, 0.4) is 0 Å². The van der Waals surface area contributed by atoms with Crippen LogP contribution in [0.5, 0.6) is 0 Å². The third-order valence-corrected chi connectivity index (χ3v) is 2.42. The van der Waals surface area contributed by atoms with Crippen molar-refractivity contribution in [3.8, 4) is 0 Å². The van der Waals surface area contributed by atoms with Crippen LogP contribution in [0.25, 0.3) is 0 Å². The van der Waals surface area contributed by atoms with Gasteiger partial charge in [0.1, 0.15) is 18.3 Å². The van der Waals surface area contributed by atoms with E-state index in [9.17, 15) is 20.1 Å². The van der Waals surface area contributed by atoms with Gasteiger partial charge in [-0.15, -0.1) is 0 Å². The summed E-state index contributed by atoms with van der Waals surface area (Å²) in [6.45, 7) is 0.655. The number of aromatic nitrogens is 2. The van der Waals surface area contributed by atoms with Crippen LogP contribution in [-0.2, 0) is 7.05 Å². The van der Waals surface area contributed by atoms with Gasteiger partial charge in [-0.2, -0.15) is 0 Å². The molecule has 96 valence electrons. The predicted molar refractivity (Wildman–Crippen MR) is 57.3 cm³/mol.